The number of nitrogens with one attached hydrogen (secondary N) is 2. The maximum absolute atomic E-state index is 12.9. The first-order chi connectivity index (χ1) is 19.3. The molecule has 2 atom stereocenters. The zero-order valence-corrected chi connectivity index (χ0v) is 25.6. The van der Waals surface area contributed by atoms with Gasteiger partial charge in [0.1, 0.15) is 18.1 Å². The molecule has 0 bridgehead atoms. The van der Waals surface area contributed by atoms with Crippen molar-refractivity contribution in [2.45, 2.75) is 96.6 Å². The molecule has 1 aliphatic rings. The van der Waals surface area contributed by atoms with Crippen molar-refractivity contribution in [1.82, 2.24) is 24.8 Å². The molecule has 2 unspecified atom stereocenters. The summed E-state index contributed by atoms with van der Waals surface area (Å²) < 4.78 is 50.8. The van der Waals surface area contributed by atoms with Gasteiger partial charge in [-0.2, -0.15) is 13.2 Å². The standard InChI is InChI=1S/C27H43F3N6O4Si/c1-6-7-12-40-26(38)36-11-8-20(15-19(36)2)33-22-16-32-24-23(34-22)21(25(37)31-10-9-27(28,29)30)17-35(24)18-39-13-14-41(3,4)5/h16-17,19-20H,6-15,18H2,1-5H3,(H,31,37)(H,33,34). The van der Waals surface area contributed by atoms with Gasteiger partial charge in [-0.15, -0.1) is 0 Å². The summed E-state index contributed by atoms with van der Waals surface area (Å²) in [5.74, 6) is -0.217. The summed E-state index contributed by atoms with van der Waals surface area (Å²) >= 11 is 0. The summed E-state index contributed by atoms with van der Waals surface area (Å²) in [6.07, 6.45) is 0.405. The molecule has 0 aromatic carbocycles. The largest absolute Gasteiger partial charge is 0.449 e. The molecule has 1 aliphatic heterocycles. The van der Waals surface area contributed by atoms with Gasteiger partial charge in [-0.1, -0.05) is 33.0 Å². The van der Waals surface area contributed by atoms with Crippen molar-refractivity contribution in [2.24, 2.45) is 0 Å². The van der Waals surface area contributed by atoms with Crippen LogP contribution >= 0.6 is 0 Å². The third-order valence-electron chi connectivity index (χ3n) is 6.92. The Kier molecular flexibility index (Phi) is 11.4. The molecule has 3 heterocycles. The molecule has 0 saturated carbocycles. The first-order valence-corrected chi connectivity index (χ1v) is 18.0. The van der Waals surface area contributed by atoms with Gasteiger partial charge in [0.25, 0.3) is 5.91 Å². The molecule has 1 saturated heterocycles. The maximum atomic E-state index is 12.9. The first-order valence-electron chi connectivity index (χ1n) is 14.3. The maximum Gasteiger partial charge on any atom is 0.409 e. The molecule has 2 aromatic heterocycles. The lowest BCUT2D eigenvalue weighted by atomic mass is 9.99. The van der Waals surface area contributed by atoms with Crippen molar-refractivity contribution >= 4 is 37.1 Å². The summed E-state index contributed by atoms with van der Waals surface area (Å²) in [5, 5.41) is 5.70. The van der Waals surface area contributed by atoms with Crippen LogP contribution in [0.15, 0.2) is 12.4 Å². The Bertz CT molecular complexity index is 1170. The number of carbonyl (C=O) groups excluding carboxylic acids is 2. The number of fused-ring (bicyclic) bond motifs is 1. The molecular weight excluding hydrogens is 557 g/mol. The van der Waals surface area contributed by atoms with Crippen LogP contribution in [0.5, 0.6) is 0 Å². The highest BCUT2D eigenvalue weighted by Crippen LogP contribution is 2.25. The predicted molar refractivity (Wildman–Crippen MR) is 154 cm³/mol. The van der Waals surface area contributed by atoms with Gasteiger partial charge in [0.2, 0.25) is 0 Å². The second kappa shape index (κ2) is 14.3. The van der Waals surface area contributed by atoms with Crippen LogP contribution in [-0.2, 0) is 16.2 Å². The third kappa shape index (κ3) is 10.2. The van der Waals surface area contributed by atoms with Crippen LogP contribution < -0.4 is 10.6 Å². The van der Waals surface area contributed by atoms with Crippen molar-refractivity contribution in [3.63, 3.8) is 0 Å². The van der Waals surface area contributed by atoms with Crippen LogP contribution in [0.1, 0.15) is 56.3 Å². The van der Waals surface area contributed by atoms with E-state index in [0.717, 1.165) is 18.9 Å². The van der Waals surface area contributed by atoms with E-state index in [9.17, 15) is 22.8 Å². The van der Waals surface area contributed by atoms with Crippen molar-refractivity contribution in [3.8, 4) is 0 Å². The number of piperidine rings is 1. The first kappa shape index (κ1) is 32.6. The van der Waals surface area contributed by atoms with Gasteiger partial charge in [0.05, 0.1) is 24.8 Å². The minimum atomic E-state index is -4.37. The van der Waals surface area contributed by atoms with E-state index in [1.807, 2.05) is 13.8 Å². The minimum Gasteiger partial charge on any atom is -0.449 e. The molecule has 10 nitrogen and oxygen atoms in total. The van der Waals surface area contributed by atoms with E-state index in [2.05, 4.69) is 40.2 Å². The molecule has 0 aliphatic carbocycles. The van der Waals surface area contributed by atoms with E-state index in [1.165, 1.54) is 6.20 Å². The molecule has 0 radical (unpaired) electrons. The number of amides is 2. The zero-order chi connectivity index (χ0) is 30.2. The van der Waals surface area contributed by atoms with Crippen LogP contribution in [0.25, 0.3) is 11.2 Å². The number of ether oxygens (including phenoxy) is 2. The summed E-state index contributed by atoms with van der Waals surface area (Å²) in [4.78, 5) is 36.2. The third-order valence-corrected chi connectivity index (χ3v) is 8.62. The summed E-state index contributed by atoms with van der Waals surface area (Å²) in [6, 6.07) is 0.925. The van der Waals surface area contributed by atoms with E-state index in [1.54, 1.807) is 15.7 Å². The van der Waals surface area contributed by atoms with Crippen LogP contribution in [0.4, 0.5) is 23.8 Å². The number of hydrogen-bond acceptors (Lipinski definition) is 7. The summed E-state index contributed by atoms with van der Waals surface area (Å²) in [5.41, 5.74) is 0.811. The fourth-order valence-corrected chi connectivity index (χ4v) is 5.27. The number of nitrogens with zero attached hydrogens (tertiary/aromatic N) is 4. The van der Waals surface area contributed by atoms with Crippen LogP contribution in [0, 0.1) is 0 Å². The van der Waals surface area contributed by atoms with Crippen LogP contribution in [-0.4, -0.2) is 84.1 Å². The second-order valence-corrected chi connectivity index (χ2v) is 17.4. The normalized spacial score (nSPS) is 18.0. The number of halogens is 3. The van der Waals surface area contributed by atoms with E-state index in [0.29, 0.717) is 44.1 Å². The number of likely N-dealkylation sites (tertiary alicyclic amines) is 1. The lowest BCUT2D eigenvalue weighted by Gasteiger charge is -2.37. The highest BCUT2D eigenvalue weighted by molar-refractivity contribution is 6.76. The van der Waals surface area contributed by atoms with E-state index < -0.39 is 33.1 Å². The molecule has 3 rings (SSSR count). The fraction of sp³-hybridized carbons (Fsp3) is 0.704. The Morgan fingerprint density at radius 1 is 1.22 bits per heavy atom. The molecule has 2 aromatic rings. The minimum absolute atomic E-state index is 0.00693. The molecule has 1 fully saturated rings. The van der Waals surface area contributed by atoms with Gasteiger partial charge < -0.3 is 29.6 Å². The van der Waals surface area contributed by atoms with Crippen molar-refractivity contribution < 1.29 is 32.2 Å². The lowest BCUT2D eigenvalue weighted by molar-refractivity contribution is -0.133. The van der Waals surface area contributed by atoms with Crippen LogP contribution in [0.2, 0.25) is 25.7 Å². The molecular formula is C27H43F3N6O4Si. The Balaban J connectivity index is 1.73. The number of unbranched alkanes of at least 4 members (excludes halogenated alkanes) is 1. The number of carbonyl (C=O) groups is 2. The lowest BCUT2D eigenvalue weighted by Crippen LogP contribution is -2.48. The van der Waals surface area contributed by atoms with E-state index >= 15 is 0 Å². The predicted octanol–water partition coefficient (Wildman–Crippen LogP) is 5.63. The van der Waals surface area contributed by atoms with Crippen molar-refractivity contribution in [2.75, 3.05) is 31.6 Å². The molecule has 0 spiro atoms. The number of anilines is 1. The fourth-order valence-electron chi connectivity index (χ4n) is 4.51. The average molecular weight is 601 g/mol. The monoisotopic (exact) mass is 600 g/mol. The highest BCUT2D eigenvalue weighted by Gasteiger charge is 2.30. The van der Waals surface area contributed by atoms with Crippen molar-refractivity contribution in [1.29, 1.82) is 0 Å². The highest BCUT2D eigenvalue weighted by atomic mass is 28.3. The molecule has 41 heavy (non-hydrogen) atoms. The topological polar surface area (TPSA) is 111 Å². The van der Waals surface area contributed by atoms with E-state index in [4.69, 9.17) is 9.47 Å². The number of hydrogen-bond donors (Lipinski definition) is 2. The van der Waals surface area contributed by atoms with Gasteiger partial charge >= 0.3 is 12.3 Å². The number of aromatic nitrogens is 3. The Labute approximate surface area is 240 Å². The number of rotatable bonds is 13. The Hall–Kier alpha value is -2.87. The summed E-state index contributed by atoms with van der Waals surface area (Å²) in [7, 11) is -1.30. The quantitative estimate of drug-likeness (QED) is 0.227. The van der Waals surface area contributed by atoms with Crippen molar-refractivity contribution in [3.05, 3.63) is 18.0 Å². The Morgan fingerprint density at radius 3 is 2.63 bits per heavy atom. The van der Waals surface area contributed by atoms with Gasteiger partial charge in [0, 0.05) is 46.1 Å². The molecule has 230 valence electrons. The van der Waals surface area contributed by atoms with Gasteiger partial charge in [-0.3, -0.25) is 4.79 Å². The molecule has 2 amide bonds. The van der Waals surface area contributed by atoms with Gasteiger partial charge in [-0.05, 0) is 32.2 Å². The second-order valence-electron chi connectivity index (χ2n) is 11.8. The smallest absolute Gasteiger partial charge is 0.409 e. The zero-order valence-electron chi connectivity index (χ0n) is 24.6. The molecule has 14 heteroatoms. The number of alkyl halides is 3. The Morgan fingerprint density at radius 2 is 1.98 bits per heavy atom. The summed E-state index contributed by atoms with van der Waals surface area (Å²) in [6.45, 7) is 11.8. The molecule has 2 N–H and O–H groups in total. The van der Waals surface area contributed by atoms with Crippen LogP contribution in [0.3, 0.4) is 0 Å². The van der Waals surface area contributed by atoms with E-state index in [-0.39, 0.29) is 36.0 Å². The SMILES string of the molecule is CCCCOC(=O)N1CCC(Nc2cnc3c(n2)c(C(=O)NCCC(F)(F)F)cn3COCC[Si](C)(C)C)CC1C. The van der Waals surface area contributed by atoms with Gasteiger partial charge in [0.15, 0.2) is 5.65 Å². The average Bonchev–Trinajstić information content (AvgIpc) is 3.23. The van der Waals surface area contributed by atoms with Gasteiger partial charge in [-0.25, -0.2) is 14.8 Å².